The van der Waals surface area contributed by atoms with Gasteiger partial charge in [0.2, 0.25) is 0 Å². The zero-order valence-corrected chi connectivity index (χ0v) is 5.43. The first-order chi connectivity index (χ1) is 4.60. The lowest BCUT2D eigenvalue weighted by Crippen LogP contribution is -2.50. The minimum atomic E-state index is -1.99. The predicted molar refractivity (Wildman–Crippen MR) is 32.2 cm³/mol. The molecule has 0 spiro atoms. The molecule has 0 saturated carbocycles. The van der Waals surface area contributed by atoms with Crippen LogP contribution in [0, 0.1) is 0 Å². The lowest BCUT2D eigenvalue weighted by atomic mass is 10.00. The van der Waals surface area contributed by atoms with E-state index in [0.717, 1.165) is 0 Å². The van der Waals surface area contributed by atoms with Crippen LogP contribution in [0.2, 0.25) is 0 Å². The molecule has 0 radical (unpaired) electrons. The summed E-state index contributed by atoms with van der Waals surface area (Å²) in [5.74, 6) is 0. The quantitative estimate of drug-likeness (QED) is 0.296. The second kappa shape index (κ2) is 3.85. The Morgan fingerprint density at radius 3 is 1.60 bits per heavy atom. The molecule has 1 atom stereocenters. The van der Waals surface area contributed by atoms with Crippen LogP contribution >= 0.6 is 0 Å². The van der Waals surface area contributed by atoms with Gasteiger partial charge in [0.1, 0.15) is 11.7 Å². The van der Waals surface area contributed by atoms with E-state index in [0.29, 0.717) is 0 Å². The zero-order chi connectivity index (χ0) is 8.20. The van der Waals surface area contributed by atoms with E-state index in [9.17, 15) is 0 Å². The highest BCUT2D eigenvalue weighted by atomic mass is 16.4. The summed E-state index contributed by atoms with van der Waals surface area (Å²) in [5.41, 5.74) is -1.99. The summed E-state index contributed by atoms with van der Waals surface area (Å²) < 4.78 is 0. The van der Waals surface area contributed by atoms with Crippen LogP contribution in [0.25, 0.3) is 0 Å². The number of rotatable bonds is 4. The largest absolute Gasteiger partial charge is 0.394 e. The van der Waals surface area contributed by atoms with Crippen LogP contribution in [0.4, 0.5) is 0 Å². The lowest BCUT2D eigenvalue weighted by Gasteiger charge is -2.27. The molecule has 0 saturated heterocycles. The number of hydrogen-bond donors (Lipinski definition) is 5. The standard InChI is InChI=1S/C5H12O5/c6-1-4(9)5(10,2-7)3-8/h4,6-10H,1-3H2. The Balaban J connectivity index is 4.02. The van der Waals surface area contributed by atoms with E-state index in [-0.39, 0.29) is 0 Å². The van der Waals surface area contributed by atoms with Crippen molar-refractivity contribution in [3.63, 3.8) is 0 Å². The van der Waals surface area contributed by atoms with Crippen molar-refractivity contribution in [2.75, 3.05) is 19.8 Å². The molecule has 0 aliphatic carbocycles. The van der Waals surface area contributed by atoms with Gasteiger partial charge in [-0.25, -0.2) is 0 Å². The van der Waals surface area contributed by atoms with E-state index >= 15 is 0 Å². The summed E-state index contributed by atoms with van der Waals surface area (Å²) in [7, 11) is 0. The van der Waals surface area contributed by atoms with Crippen molar-refractivity contribution >= 4 is 0 Å². The van der Waals surface area contributed by atoms with Crippen LogP contribution in [0.15, 0.2) is 0 Å². The Hall–Kier alpha value is -0.200. The summed E-state index contributed by atoms with van der Waals surface area (Å²) in [4.78, 5) is 0. The predicted octanol–water partition coefficient (Wildman–Crippen LogP) is -2.94. The molecule has 0 bridgehead atoms. The van der Waals surface area contributed by atoms with Gasteiger partial charge < -0.3 is 25.5 Å². The summed E-state index contributed by atoms with van der Waals surface area (Å²) in [5, 5.41) is 42.9. The Morgan fingerprint density at radius 1 is 1.10 bits per heavy atom. The average molecular weight is 152 g/mol. The molecular formula is C5H12O5. The second-order valence-corrected chi connectivity index (χ2v) is 2.12. The van der Waals surface area contributed by atoms with Gasteiger partial charge in [-0.2, -0.15) is 0 Å². The van der Waals surface area contributed by atoms with Crippen LogP contribution in [0.1, 0.15) is 0 Å². The molecule has 0 aromatic carbocycles. The maximum Gasteiger partial charge on any atom is 0.138 e. The van der Waals surface area contributed by atoms with E-state index in [2.05, 4.69) is 0 Å². The molecule has 0 aliphatic rings. The van der Waals surface area contributed by atoms with E-state index in [4.69, 9.17) is 25.5 Å². The molecule has 0 rings (SSSR count). The molecule has 0 fully saturated rings. The summed E-state index contributed by atoms with van der Waals surface area (Å²) in [6, 6.07) is 0. The van der Waals surface area contributed by atoms with Crippen molar-refractivity contribution in [2.24, 2.45) is 0 Å². The minimum absolute atomic E-state index is 0.697. The third-order valence-electron chi connectivity index (χ3n) is 1.34. The van der Waals surface area contributed by atoms with Gasteiger partial charge in [0.05, 0.1) is 19.8 Å². The Kier molecular flexibility index (Phi) is 3.77. The van der Waals surface area contributed by atoms with Crippen LogP contribution in [0.3, 0.4) is 0 Å². The van der Waals surface area contributed by atoms with Gasteiger partial charge in [0.15, 0.2) is 0 Å². The third-order valence-corrected chi connectivity index (χ3v) is 1.34. The van der Waals surface area contributed by atoms with E-state index in [1.165, 1.54) is 0 Å². The van der Waals surface area contributed by atoms with E-state index in [1.54, 1.807) is 0 Å². The first kappa shape index (κ1) is 9.80. The average Bonchev–Trinajstić information content (AvgIpc) is 2.01. The van der Waals surface area contributed by atoms with Crippen molar-refractivity contribution in [1.82, 2.24) is 0 Å². The molecule has 10 heavy (non-hydrogen) atoms. The minimum Gasteiger partial charge on any atom is -0.394 e. The Labute approximate surface area is 58.2 Å². The third kappa shape index (κ3) is 1.89. The molecule has 0 aromatic heterocycles. The topological polar surface area (TPSA) is 101 Å². The summed E-state index contributed by atoms with van der Waals surface area (Å²) in [6.45, 7) is -2.27. The highest BCUT2D eigenvalue weighted by Gasteiger charge is 2.33. The maximum atomic E-state index is 8.99. The molecule has 5 heteroatoms. The molecule has 0 aromatic rings. The second-order valence-electron chi connectivity index (χ2n) is 2.12. The van der Waals surface area contributed by atoms with Crippen LogP contribution in [-0.4, -0.2) is 57.1 Å². The van der Waals surface area contributed by atoms with Gasteiger partial charge in [0.25, 0.3) is 0 Å². The Bertz CT molecular complexity index is 90.0. The maximum absolute atomic E-state index is 8.99. The normalized spacial score (nSPS) is 15.3. The first-order valence-electron chi connectivity index (χ1n) is 2.83. The van der Waals surface area contributed by atoms with Gasteiger partial charge in [-0.15, -0.1) is 0 Å². The van der Waals surface area contributed by atoms with Crippen molar-refractivity contribution < 1.29 is 25.5 Å². The van der Waals surface area contributed by atoms with Gasteiger partial charge in [-0.3, -0.25) is 0 Å². The molecule has 0 heterocycles. The van der Waals surface area contributed by atoms with Gasteiger partial charge in [-0.1, -0.05) is 0 Å². The molecule has 0 aliphatic heterocycles. The van der Waals surface area contributed by atoms with Crippen molar-refractivity contribution in [1.29, 1.82) is 0 Å². The fourth-order valence-electron chi connectivity index (χ4n) is 0.431. The van der Waals surface area contributed by atoms with E-state index in [1.807, 2.05) is 0 Å². The number of aliphatic hydroxyl groups is 5. The first-order valence-corrected chi connectivity index (χ1v) is 2.83. The molecular weight excluding hydrogens is 140 g/mol. The summed E-state index contributed by atoms with van der Waals surface area (Å²) >= 11 is 0. The highest BCUT2D eigenvalue weighted by molar-refractivity contribution is 4.84. The molecule has 0 amide bonds. The summed E-state index contributed by atoms with van der Waals surface area (Å²) in [6.07, 6.45) is -1.51. The number of hydrogen-bond acceptors (Lipinski definition) is 5. The van der Waals surface area contributed by atoms with Crippen LogP contribution in [0.5, 0.6) is 0 Å². The van der Waals surface area contributed by atoms with E-state index < -0.39 is 31.5 Å². The van der Waals surface area contributed by atoms with Crippen LogP contribution < -0.4 is 0 Å². The highest BCUT2D eigenvalue weighted by Crippen LogP contribution is 2.07. The zero-order valence-electron chi connectivity index (χ0n) is 5.43. The van der Waals surface area contributed by atoms with Crippen molar-refractivity contribution in [2.45, 2.75) is 11.7 Å². The fourth-order valence-corrected chi connectivity index (χ4v) is 0.431. The molecule has 5 N–H and O–H groups in total. The van der Waals surface area contributed by atoms with Crippen molar-refractivity contribution in [3.8, 4) is 0 Å². The van der Waals surface area contributed by atoms with Gasteiger partial charge in [0, 0.05) is 0 Å². The van der Waals surface area contributed by atoms with Gasteiger partial charge >= 0.3 is 0 Å². The smallest absolute Gasteiger partial charge is 0.138 e. The fraction of sp³-hybridized carbons (Fsp3) is 1.00. The number of aliphatic hydroxyl groups excluding tert-OH is 4. The molecule has 5 nitrogen and oxygen atoms in total. The molecule has 62 valence electrons. The Morgan fingerprint density at radius 2 is 1.50 bits per heavy atom. The SMILES string of the molecule is OCC(O)C(O)(CO)CO. The monoisotopic (exact) mass is 152 g/mol. The lowest BCUT2D eigenvalue weighted by molar-refractivity contribution is -0.143. The van der Waals surface area contributed by atoms with Crippen LogP contribution in [-0.2, 0) is 0 Å². The molecule has 1 unspecified atom stereocenters. The van der Waals surface area contributed by atoms with Gasteiger partial charge in [-0.05, 0) is 0 Å². The van der Waals surface area contributed by atoms with Crippen molar-refractivity contribution in [3.05, 3.63) is 0 Å².